The van der Waals surface area contributed by atoms with E-state index in [4.69, 9.17) is 23.8 Å². The summed E-state index contributed by atoms with van der Waals surface area (Å²) < 4.78 is 0. The maximum absolute atomic E-state index is 10.1. The molecular formula is C17H24ClNO2S. The zero-order valence-corrected chi connectivity index (χ0v) is 14.9. The summed E-state index contributed by atoms with van der Waals surface area (Å²) in [6.45, 7) is 7.21. The zero-order chi connectivity index (χ0) is 16.5. The number of hydrogen-bond donors (Lipinski definition) is 3. The first-order chi connectivity index (χ1) is 10.1. The Labute approximate surface area is 142 Å². The van der Waals surface area contributed by atoms with Gasteiger partial charge in [0.15, 0.2) is 0 Å². The lowest BCUT2D eigenvalue weighted by Crippen LogP contribution is -2.45. The third-order valence-corrected chi connectivity index (χ3v) is 4.90. The van der Waals surface area contributed by atoms with E-state index in [0.717, 1.165) is 19.3 Å². The van der Waals surface area contributed by atoms with Crippen molar-refractivity contribution in [3.05, 3.63) is 28.8 Å². The van der Waals surface area contributed by atoms with Crippen LogP contribution in [-0.4, -0.2) is 27.9 Å². The Balaban J connectivity index is 2.05. The van der Waals surface area contributed by atoms with E-state index in [2.05, 4.69) is 26.1 Å². The van der Waals surface area contributed by atoms with Gasteiger partial charge in [-0.25, -0.2) is 0 Å². The molecule has 0 spiro atoms. The second kappa shape index (κ2) is 6.34. The Morgan fingerprint density at radius 1 is 1.36 bits per heavy atom. The van der Waals surface area contributed by atoms with Crippen LogP contribution >= 0.6 is 23.8 Å². The number of phenolic OH excluding ortho intramolecular Hbond substituents is 1. The van der Waals surface area contributed by atoms with Crippen LogP contribution in [0.1, 0.15) is 45.6 Å². The average Bonchev–Trinajstić information content (AvgIpc) is 2.36. The number of aromatic hydroxyl groups is 1. The minimum Gasteiger partial charge on any atom is -0.507 e. The number of thiocarbonyl (C=S) groups is 1. The molecule has 1 saturated carbocycles. The van der Waals surface area contributed by atoms with E-state index in [9.17, 15) is 10.2 Å². The summed E-state index contributed by atoms with van der Waals surface area (Å²) in [4.78, 5) is 0.485. The van der Waals surface area contributed by atoms with Crippen LogP contribution in [0.3, 0.4) is 0 Å². The van der Waals surface area contributed by atoms with Crippen LogP contribution < -0.4 is 5.32 Å². The predicted octanol–water partition coefficient (Wildman–Crippen LogP) is 3.89. The van der Waals surface area contributed by atoms with Gasteiger partial charge < -0.3 is 15.5 Å². The summed E-state index contributed by atoms with van der Waals surface area (Å²) in [6.07, 6.45) is 2.34. The first kappa shape index (κ1) is 17.5. The number of phenols is 1. The number of benzene rings is 1. The van der Waals surface area contributed by atoms with Crippen molar-refractivity contribution in [3.8, 4) is 5.75 Å². The first-order valence-corrected chi connectivity index (χ1v) is 8.34. The lowest BCUT2D eigenvalue weighted by atomic mass is 9.63. The van der Waals surface area contributed by atoms with Crippen LogP contribution in [0.2, 0.25) is 5.02 Å². The molecule has 1 aliphatic rings. The summed E-state index contributed by atoms with van der Waals surface area (Å²) in [5.74, 6) is 0.121. The van der Waals surface area contributed by atoms with E-state index < -0.39 is 0 Å². The monoisotopic (exact) mass is 341 g/mol. The summed E-state index contributed by atoms with van der Waals surface area (Å²) in [5.41, 5.74) is 0.634. The SMILES string of the molecule is CC1(C)C[C@@H](O)C[C@](C)(CNC(=S)c2cc(Cl)ccc2O)C1. The molecule has 3 N–H and O–H groups in total. The fourth-order valence-corrected chi connectivity index (χ4v) is 4.20. The molecule has 0 radical (unpaired) electrons. The molecule has 1 fully saturated rings. The smallest absolute Gasteiger partial charge is 0.125 e. The maximum atomic E-state index is 10.1. The van der Waals surface area contributed by atoms with Gasteiger partial charge in [0.05, 0.1) is 11.7 Å². The summed E-state index contributed by atoms with van der Waals surface area (Å²) >= 11 is 11.3. The van der Waals surface area contributed by atoms with Gasteiger partial charge in [-0.3, -0.25) is 0 Å². The molecule has 0 heterocycles. The average molecular weight is 342 g/mol. The van der Waals surface area contributed by atoms with Crippen molar-refractivity contribution in [3.63, 3.8) is 0 Å². The highest BCUT2D eigenvalue weighted by molar-refractivity contribution is 7.80. The van der Waals surface area contributed by atoms with Crippen LogP contribution in [-0.2, 0) is 0 Å². The van der Waals surface area contributed by atoms with E-state index >= 15 is 0 Å². The fourth-order valence-electron chi connectivity index (χ4n) is 3.79. The highest BCUT2D eigenvalue weighted by atomic mass is 35.5. The van der Waals surface area contributed by atoms with E-state index in [1.807, 2.05) is 0 Å². The van der Waals surface area contributed by atoms with Crippen molar-refractivity contribution in [1.82, 2.24) is 5.32 Å². The van der Waals surface area contributed by atoms with Crippen LogP contribution in [0.15, 0.2) is 18.2 Å². The Kier molecular flexibility index (Phi) is 5.05. The van der Waals surface area contributed by atoms with Gasteiger partial charge in [0.2, 0.25) is 0 Å². The molecule has 22 heavy (non-hydrogen) atoms. The van der Waals surface area contributed by atoms with Crippen molar-refractivity contribution in [2.45, 2.75) is 46.1 Å². The van der Waals surface area contributed by atoms with Crippen molar-refractivity contribution >= 4 is 28.8 Å². The molecule has 1 aliphatic carbocycles. The molecule has 0 amide bonds. The molecule has 3 nitrogen and oxygen atoms in total. The number of nitrogens with one attached hydrogen (secondary N) is 1. The summed E-state index contributed by atoms with van der Waals surface area (Å²) in [7, 11) is 0. The molecule has 2 rings (SSSR count). The molecule has 0 saturated heterocycles. The van der Waals surface area contributed by atoms with Gasteiger partial charge in [-0.05, 0) is 48.3 Å². The highest BCUT2D eigenvalue weighted by Gasteiger charge is 2.40. The molecule has 5 heteroatoms. The van der Waals surface area contributed by atoms with E-state index in [0.29, 0.717) is 22.1 Å². The second-order valence-electron chi connectivity index (χ2n) is 7.56. The normalized spacial score (nSPS) is 27.4. The number of rotatable bonds is 3. The molecule has 2 atom stereocenters. The van der Waals surface area contributed by atoms with Gasteiger partial charge in [0, 0.05) is 11.6 Å². The Morgan fingerprint density at radius 2 is 2.05 bits per heavy atom. The van der Waals surface area contributed by atoms with Crippen LogP contribution in [0.5, 0.6) is 5.75 Å². The van der Waals surface area contributed by atoms with Crippen LogP contribution in [0.25, 0.3) is 0 Å². The number of aliphatic hydroxyl groups is 1. The van der Waals surface area contributed by atoms with Gasteiger partial charge in [-0.2, -0.15) is 0 Å². The van der Waals surface area contributed by atoms with Gasteiger partial charge in [-0.1, -0.05) is 44.6 Å². The molecule has 0 aromatic heterocycles. The van der Waals surface area contributed by atoms with Crippen molar-refractivity contribution in [2.24, 2.45) is 10.8 Å². The first-order valence-electron chi connectivity index (χ1n) is 7.55. The molecule has 0 aliphatic heterocycles. The second-order valence-corrected chi connectivity index (χ2v) is 8.40. The highest BCUT2D eigenvalue weighted by Crippen LogP contribution is 2.45. The van der Waals surface area contributed by atoms with Crippen LogP contribution in [0.4, 0.5) is 0 Å². The summed E-state index contributed by atoms with van der Waals surface area (Å²) in [6, 6.07) is 4.83. The lowest BCUT2D eigenvalue weighted by Gasteiger charge is -2.45. The van der Waals surface area contributed by atoms with Crippen molar-refractivity contribution in [2.75, 3.05) is 6.54 Å². The van der Waals surface area contributed by atoms with Crippen molar-refractivity contribution < 1.29 is 10.2 Å². The van der Waals surface area contributed by atoms with Gasteiger partial charge in [-0.15, -0.1) is 0 Å². The topological polar surface area (TPSA) is 52.5 Å². The third-order valence-electron chi connectivity index (χ3n) is 4.30. The molecule has 1 aromatic rings. The molecule has 0 unspecified atom stereocenters. The van der Waals surface area contributed by atoms with Crippen molar-refractivity contribution in [1.29, 1.82) is 0 Å². The van der Waals surface area contributed by atoms with Gasteiger partial charge >= 0.3 is 0 Å². The van der Waals surface area contributed by atoms with Crippen LogP contribution in [0, 0.1) is 10.8 Å². The Bertz CT molecular complexity index is 576. The number of hydrogen-bond acceptors (Lipinski definition) is 3. The standard InChI is InChI=1S/C17H24ClNO2S/c1-16(2)7-12(20)8-17(3,9-16)10-19-15(22)13-6-11(18)4-5-14(13)21/h4-6,12,20-21H,7-10H2,1-3H3,(H,19,22)/t12-,17+/m1/s1. The fraction of sp³-hybridized carbons (Fsp3) is 0.588. The Morgan fingerprint density at radius 3 is 2.68 bits per heavy atom. The lowest BCUT2D eigenvalue weighted by molar-refractivity contribution is -0.00680. The van der Waals surface area contributed by atoms with E-state index in [1.165, 1.54) is 0 Å². The van der Waals surface area contributed by atoms with E-state index in [1.54, 1.807) is 18.2 Å². The molecule has 0 bridgehead atoms. The molecular weight excluding hydrogens is 318 g/mol. The van der Waals surface area contributed by atoms with Gasteiger partial charge in [0.25, 0.3) is 0 Å². The quantitative estimate of drug-likeness (QED) is 0.730. The number of aliphatic hydroxyl groups excluding tert-OH is 1. The Hall–Kier alpha value is -0.840. The zero-order valence-electron chi connectivity index (χ0n) is 13.3. The molecule has 1 aromatic carbocycles. The minimum atomic E-state index is -0.274. The van der Waals surface area contributed by atoms with E-state index in [-0.39, 0.29) is 22.7 Å². The summed E-state index contributed by atoms with van der Waals surface area (Å²) in [5, 5.41) is 23.8. The number of halogens is 1. The third kappa shape index (κ3) is 4.34. The molecule has 122 valence electrons. The van der Waals surface area contributed by atoms with Gasteiger partial charge in [0.1, 0.15) is 10.7 Å². The minimum absolute atomic E-state index is 0.0284. The predicted molar refractivity (Wildman–Crippen MR) is 94.6 cm³/mol. The maximum Gasteiger partial charge on any atom is 0.125 e. The largest absolute Gasteiger partial charge is 0.507 e.